The zero-order valence-electron chi connectivity index (χ0n) is 15.4. The maximum absolute atomic E-state index is 12.2. The van der Waals surface area contributed by atoms with Crippen LogP contribution in [-0.2, 0) is 4.74 Å². The molecule has 0 aromatic rings. The van der Waals surface area contributed by atoms with Crippen LogP contribution in [0.15, 0.2) is 0 Å². The third kappa shape index (κ3) is 6.68. The minimum absolute atomic E-state index is 0.175. The number of nitrogens with zero attached hydrogens (tertiary/aromatic N) is 1. The summed E-state index contributed by atoms with van der Waals surface area (Å²) < 4.78 is 5.50. The SMILES string of the molecule is CC(CC1CCCCN1)NC1CCCN(C(=O)OC(C)(C)C)C1. The van der Waals surface area contributed by atoms with Gasteiger partial charge in [-0.15, -0.1) is 0 Å². The molecule has 2 saturated heterocycles. The van der Waals surface area contributed by atoms with E-state index in [0.717, 1.165) is 32.5 Å². The highest BCUT2D eigenvalue weighted by Gasteiger charge is 2.28. The van der Waals surface area contributed by atoms with E-state index in [1.807, 2.05) is 25.7 Å². The average molecular weight is 325 g/mol. The molecule has 2 aliphatic rings. The molecule has 5 heteroatoms. The van der Waals surface area contributed by atoms with Crippen molar-refractivity contribution in [1.82, 2.24) is 15.5 Å². The van der Waals surface area contributed by atoms with Crippen LogP contribution >= 0.6 is 0 Å². The van der Waals surface area contributed by atoms with Crippen molar-refractivity contribution in [2.75, 3.05) is 19.6 Å². The minimum atomic E-state index is -0.419. The Balaban J connectivity index is 1.75. The standard InChI is InChI=1S/C18H35N3O2/c1-14(12-15-8-5-6-10-19-15)20-16-9-7-11-21(13-16)17(22)23-18(2,3)4/h14-16,19-20H,5-13H2,1-4H3. The van der Waals surface area contributed by atoms with E-state index in [0.29, 0.717) is 18.1 Å². The van der Waals surface area contributed by atoms with Crippen molar-refractivity contribution in [3.63, 3.8) is 0 Å². The van der Waals surface area contributed by atoms with Crippen LogP contribution in [0.1, 0.15) is 66.2 Å². The van der Waals surface area contributed by atoms with Crippen molar-refractivity contribution in [2.24, 2.45) is 0 Å². The minimum Gasteiger partial charge on any atom is -0.444 e. The molecular formula is C18H35N3O2. The van der Waals surface area contributed by atoms with Crippen LogP contribution < -0.4 is 10.6 Å². The second-order valence-corrected chi connectivity index (χ2v) is 8.22. The van der Waals surface area contributed by atoms with Crippen molar-refractivity contribution in [3.8, 4) is 0 Å². The lowest BCUT2D eigenvalue weighted by atomic mass is 9.97. The molecule has 1 amide bonds. The van der Waals surface area contributed by atoms with Gasteiger partial charge in [-0.25, -0.2) is 4.79 Å². The largest absolute Gasteiger partial charge is 0.444 e. The lowest BCUT2D eigenvalue weighted by Crippen LogP contribution is -2.52. The summed E-state index contributed by atoms with van der Waals surface area (Å²) in [7, 11) is 0. The number of rotatable bonds is 4. The predicted molar refractivity (Wildman–Crippen MR) is 93.7 cm³/mol. The number of likely N-dealkylation sites (tertiary alicyclic amines) is 1. The quantitative estimate of drug-likeness (QED) is 0.834. The fraction of sp³-hybridized carbons (Fsp3) is 0.944. The molecule has 0 spiro atoms. The first kappa shape index (κ1) is 18.5. The van der Waals surface area contributed by atoms with E-state index in [2.05, 4.69) is 17.6 Å². The molecule has 0 bridgehead atoms. The van der Waals surface area contributed by atoms with Crippen molar-refractivity contribution in [3.05, 3.63) is 0 Å². The summed E-state index contributed by atoms with van der Waals surface area (Å²) in [4.78, 5) is 14.1. The van der Waals surface area contributed by atoms with Gasteiger partial charge in [-0.1, -0.05) is 6.42 Å². The van der Waals surface area contributed by atoms with Crippen molar-refractivity contribution in [1.29, 1.82) is 0 Å². The Bertz CT molecular complexity index is 375. The van der Waals surface area contributed by atoms with Crippen LogP contribution in [0.5, 0.6) is 0 Å². The highest BCUT2D eigenvalue weighted by molar-refractivity contribution is 5.68. The Labute approximate surface area is 141 Å². The van der Waals surface area contributed by atoms with Gasteiger partial charge < -0.3 is 20.3 Å². The van der Waals surface area contributed by atoms with E-state index in [4.69, 9.17) is 4.74 Å². The van der Waals surface area contributed by atoms with E-state index in [9.17, 15) is 4.79 Å². The topological polar surface area (TPSA) is 53.6 Å². The van der Waals surface area contributed by atoms with Crippen molar-refractivity contribution < 1.29 is 9.53 Å². The van der Waals surface area contributed by atoms with Gasteiger partial charge in [-0.2, -0.15) is 0 Å². The highest BCUT2D eigenvalue weighted by atomic mass is 16.6. The summed E-state index contributed by atoms with van der Waals surface area (Å²) in [5.74, 6) is 0. The molecule has 3 atom stereocenters. The van der Waals surface area contributed by atoms with E-state index >= 15 is 0 Å². The molecule has 2 aliphatic heterocycles. The van der Waals surface area contributed by atoms with Crippen LogP contribution in [0, 0.1) is 0 Å². The van der Waals surface area contributed by atoms with E-state index in [-0.39, 0.29) is 6.09 Å². The van der Waals surface area contributed by atoms with Gasteiger partial charge in [0.1, 0.15) is 5.60 Å². The van der Waals surface area contributed by atoms with Crippen molar-refractivity contribution in [2.45, 2.75) is 89.9 Å². The molecule has 0 aliphatic carbocycles. The molecule has 2 heterocycles. The number of carbonyl (C=O) groups excluding carboxylic acids is 1. The second-order valence-electron chi connectivity index (χ2n) is 8.22. The number of hydrogen-bond acceptors (Lipinski definition) is 4. The van der Waals surface area contributed by atoms with Crippen LogP contribution in [0.2, 0.25) is 0 Å². The summed E-state index contributed by atoms with van der Waals surface area (Å²) in [5.41, 5.74) is -0.419. The maximum atomic E-state index is 12.2. The molecule has 0 saturated carbocycles. The monoisotopic (exact) mass is 325 g/mol. The van der Waals surface area contributed by atoms with E-state index < -0.39 is 5.60 Å². The predicted octanol–water partition coefficient (Wildman–Crippen LogP) is 2.90. The molecule has 2 fully saturated rings. The van der Waals surface area contributed by atoms with E-state index in [1.54, 1.807) is 0 Å². The van der Waals surface area contributed by atoms with Crippen LogP contribution in [0.3, 0.4) is 0 Å². The number of ether oxygens (including phenoxy) is 1. The summed E-state index contributed by atoms with van der Waals surface area (Å²) in [5, 5.41) is 7.34. The Morgan fingerprint density at radius 1 is 1.30 bits per heavy atom. The molecule has 2 rings (SSSR count). The second kappa shape index (κ2) is 8.34. The van der Waals surface area contributed by atoms with Gasteiger partial charge in [0.2, 0.25) is 0 Å². The van der Waals surface area contributed by atoms with Crippen molar-refractivity contribution >= 4 is 6.09 Å². The van der Waals surface area contributed by atoms with Gasteiger partial charge in [0.15, 0.2) is 0 Å². The number of carbonyl (C=O) groups is 1. The number of amides is 1. The Kier molecular flexibility index (Phi) is 6.72. The van der Waals surface area contributed by atoms with Gasteiger partial charge >= 0.3 is 6.09 Å². The fourth-order valence-corrected chi connectivity index (χ4v) is 3.63. The van der Waals surface area contributed by atoms with Crippen LogP contribution in [0.4, 0.5) is 4.79 Å². The smallest absolute Gasteiger partial charge is 0.410 e. The van der Waals surface area contributed by atoms with Gasteiger partial charge in [0.25, 0.3) is 0 Å². The Morgan fingerprint density at radius 3 is 2.74 bits per heavy atom. The molecule has 0 aromatic heterocycles. The van der Waals surface area contributed by atoms with Gasteiger partial charge in [-0.05, 0) is 66.3 Å². The first-order chi connectivity index (χ1) is 10.8. The van der Waals surface area contributed by atoms with Gasteiger partial charge in [-0.3, -0.25) is 0 Å². The third-order valence-corrected chi connectivity index (χ3v) is 4.64. The summed E-state index contributed by atoms with van der Waals surface area (Å²) in [6.45, 7) is 10.8. The van der Waals surface area contributed by atoms with Crippen LogP contribution in [-0.4, -0.2) is 54.4 Å². The molecule has 0 radical (unpaired) electrons. The lowest BCUT2D eigenvalue weighted by molar-refractivity contribution is 0.0183. The summed E-state index contributed by atoms with van der Waals surface area (Å²) >= 11 is 0. The molecule has 2 N–H and O–H groups in total. The number of hydrogen-bond donors (Lipinski definition) is 2. The lowest BCUT2D eigenvalue weighted by Gasteiger charge is -2.36. The first-order valence-corrected chi connectivity index (χ1v) is 9.31. The Morgan fingerprint density at radius 2 is 2.09 bits per heavy atom. The zero-order valence-corrected chi connectivity index (χ0v) is 15.4. The Hall–Kier alpha value is -0.810. The summed E-state index contributed by atoms with van der Waals surface area (Å²) in [6.07, 6.45) is 7.13. The number of nitrogens with one attached hydrogen (secondary N) is 2. The molecule has 134 valence electrons. The zero-order chi connectivity index (χ0) is 16.9. The maximum Gasteiger partial charge on any atom is 0.410 e. The normalized spacial score (nSPS) is 27.6. The molecule has 3 unspecified atom stereocenters. The van der Waals surface area contributed by atoms with E-state index in [1.165, 1.54) is 25.7 Å². The number of piperidine rings is 2. The first-order valence-electron chi connectivity index (χ1n) is 9.31. The summed E-state index contributed by atoms with van der Waals surface area (Å²) in [6, 6.07) is 1.51. The van der Waals surface area contributed by atoms with Crippen LogP contribution in [0.25, 0.3) is 0 Å². The fourth-order valence-electron chi connectivity index (χ4n) is 3.63. The highest BCUT2D eigenvalue weighted by Crippen LogP contribution is 2.17. The average Bonchev–Trinajstić information content (AvgIpc) is 2.46. The molecular weight excluding hydrogens is 290 g/mol. The van der Waals surface area contributed by atoms with Gasteiger partial charge in [0.05, 0.1) is 0 Å². The van der Waals surface area contributed by atoms with Gasteiger partial charge in [0, 0.05) is 31.2 Å². The molecule has 0 aromatic carbocycles. The third-order valence-electron chi connectivity index (χ3n) is 4.64. The molecule has 23 heavy (non-hydrogen) atoms. The molecule has 5 nitrogen and oxygen atoms in total.